The zero-order chi connectivity index (χ0) is 37.3. The van der Waals surface area contributed by atoms with Crippen molar-refractivity contribution >= 4 is 33.2 Å². The fraction of sp³-hybridized carbons (Fsp3) is 0.0392. The molecule has 5 nitrogen and oxygen atoms in total. The second-order valence-corrected chi connectivity index (χ2v) is 14.1. The minimum absolute atomic E-state index is 0.595. The number of hydrogen-bond acceptors (Lipinski definition) is 4. The summed E-state index contributed by atoms with van der Waals surface area (Å²) >= 11 is 0. The number of benzene rings is 7. The lowest BCUT2D eigenvalue weighted by Gasteiger charge is -2.37. The van der Waals surface area contributed by atoms with Crippen LogP contribution in [-0.2, 0) is 5.41 Å². The highest BCUT2D eigenvalue weighted by molar-refractivity contribution is 6.09. The van der Waals surface area contributed by atoms with E-state index in [0.29, 0.717) is 0 Å². The van der Waals surface area contributed by atoms with E-state index in [9.17, 15) is 0 Å². The summed E-state index contributed by atoms with van der Waals surface area (Å²) < 4.78 is 8.91. The number of fused-ring (bicyclic) bond motifs is 3. The molecule has 0 spiro atoms. The number of anilines is 2. The zero-order valence-electron chi connectivity index (χ0n) is 30.7. The van der Waals surface area contributed by atoms with Crippen molar-refractivity contribution in [2.24, 2.45) is 0 Å². The molecule has 9 aromatic rings. The minimum Gasteiger partial charge on any atom is -0.457 e. The third kappa shape index (κ3) is 5.78. The Kier molecular flexibility index (Phi) is 8.38. The maximum absolute atomic E-state index is 6.64. The predicted octanol–water partition coefficient (Wildman–Crippen LogP) is 12.1. The van der Waals surface area contributed by atoms with Gasteiger partial charge in [0.2, 0.25) is 0 Å². The van der Waals surface area contributed by atoms with Crippen molar-refractivity contribution in [3.05, 3.63) is 241 Å². The summed E-state index contributed by atoms with van der Waals surface area (Å²) in [6.45, 7) is 0.728. The molecule has 0 bridgehead atoms. The van der Waals surface area contributed by atoms with Gasteiger partial charge in [0.15, 0.2) is 0 Å². The van der Waals surface area contributed by atoms with Crippen LogP contribution in [0.15, 0.2) is 219 Å². The molecule has 0 fully saturated rings. The van der Waals surface area contributed by atoms with E-state index in [1.54, 1.807) is 0 Å². The molecule has 268 valence electrons. The van der Waals surface area contributed by atoms with Crippen LogP contribution in [0.1, 0.15) is 22.3 Å². The van der Waals surface area contributed by atoms with E-state index in [4.69, 9.17) is 9.72 Å². The summed E-state index contributed by atoms with van der Waals surface area (Å²) in [6.07, 6.45) is 6.18. The molecule has 3 heterocycles. The van der Waals surface area contributed by atoms with E-state index in [1.165, 1.54) is 16.7 Å². The Balaban J connectivity index is 1.07. The maximum atomic E-state index is 6.64. The van der Waals surface area contributed by atoms with Crippen LogP contribution >= 0.6 is 0 Å². The summed E-state index contributed by atoms with van der Waals surface area (Å²) in [4.78, 5) is 9.53. The second-order valence-electron chi connectivity index (χ2n) is 14.1. The largest absolute Gasteiger partial charge is 0.457 e. The zero-order valence-corrected chi connectivity index (χ0v) is 30.7. The van der Waals surface area contributed by atoms with Gasteiger partial charge in [-0.2, -0.15) is 0 Å². The van der Waals surface area contributed by atoms with E-state index in [-0.39, 0.29) is 0 Å². The number of pyridine rings is 1. The normalized spacial score (nSPS) is 12.8. The molecule has 0 saturated heterocycles. The molecule has 7 aromatic carbocycles. The Labute approximate surface area is 326 Å². The molecular weight excluding hydrogens is 685 g/mol. The van der Waals surface area contributed by atoms with Gasteiger partial charge in [-0.15, -0.1) is 0 Å². The molecule has 1 aliphatic heterocycles. The number of para-hydroxylation sites is 2. The monoisotopic (exact) mass is 722 g/mol. The highest BCUT2D eigenvalue weighted by atomic mass is 16.5. The summed E-state index contributed by atoms with van der Waals surface area (Å²) in [7, 11) is 0. The Hall–Kier alpha value is -7.37. The van der Waals surface area contributed by atoms with Crippen molar-refractivity contribution in [2.45, 2.75) is 5.41 Å². The van der Waals surface area contributed by atoms with Gasteiger partial charge >= 0.3 is 0 Å². The van der Waals surface area contributed by atoms with Gasteiger partial charge in [-0.25, -0.2) is 4.98 Å². The Morgan fingerprint density at radius 2 is 0.982 bits per heavy atom. The van der Waals surface area contributed by atoms with Gasteiger partial charge in [-0.1, -0.05) is 133 Å². The molecule has 56 heavy (non-hydrogen) atoms. The maximum Gasteiger partial charge on any atom is 0.137 e. The van der Waals surface area contributed by atoms with Gasteiger partial charge < -0.3 is 14.5 Å². The number of ether oxygens (including phenoxy) is 1. The summed E-state index contributed by atoms with van der Waals surface area (Å²) in [5, 5.41) is 2.30. The van der Waals surface area contributed by atoms with Crippen LogP contribution in [0.4, 0.5) is 11.4 Å². The molecule has 0 saturated carbocycles. The van der Waals surface area contributed by atoms with Gasteiger partial charge in [0.1, 0.15) is 17.3 Å². The first kappa shape index (κ1) is 33.2. The highest BCUT2D eigenvalue weighted by Gasteiger charge is 2.38. The van der Waals surface area contributed by atoms with E-state index < -0.39 is 5.41 Å². The lowest BCUT2D eigenvalue weighted by atomic mass is 9.65. The van der Waals surface area contributed by atoms with Gasteiger partial charge in [0.25, 0.3) is 0 Å². The van der Waals surface area contributed by atoms with E-state index in [0.717, 1.165) is 62.7 Å². The molecule has 0 aliphatic carbocycles. The first-order valence-electron chi connectivity index (χ1n) is 19.0. The van der Waals surface area contributed by atoms with Crippen LogP contribution < -0.4 is 14.5 Å². The highest BCUT2D eigenvalue weighted by Crippen LogP contribution is 2.46. The van der Waals surface area contributed by atoms with Crippen LogP contribution in [0.25, 0.3) is 27.6 Å². The number of hydrogen-bond donors (Lipinski definition) is 0. The Morgan fingerprint density at radius 1 is 0.429 bits per heavy atom. The van der Waals surface area contributed by atoms with Gasteiger partial charge in [0.05, 0.1) is 23.1 Å². The standard InChI is InChI=1S/C51H38N4O/c1-5-16-38(17-6-1)51(39-18-7-2-8-19-39,40-20-9-3-10-21-40)41-30-31-52-50(34-41)55-48-27-14-13-26-46(48)47-29-28-45(36-49(47)55)56-44-25-15-24-43(35-44)54-33-32-53(37-54)42-22-11-4-12-23-42/h1-36H,37H2. The first-order valence-corrected chi connectivity index (χ1v) is 19.0. The second kappa shape index (κ2) is 14.1. The number of nitrogens with zero attached hydrogens (tertiary/aromatic N) is 4. The molecule has 10 rings (SSSR count). The Morgan fingerprint density at radius 3 is 1.66 bits per heavy atom. The molecule has 0 unspecified atom stereocenters. The fourth-order valence-electron chi connectivity index (χ4n) is 8.34. The lowest BCUT2D eigenvalue weighted by Crippen LogP contribution is -2.31. The molecule has 0 radical (unpaired) electrons. The molecule has 0 atom stereocenters. The SMILES string of the molecule is C1=CN(c2cccc(Oc3ccc4c5ccccc5n(-c5cc(C(c6ccccc6)(c6ccccc6)c6ccccc6)ccn5)c4c3)c2)CN1c1ccccc1. The van der Waals surface area contributed by atoms with E-state index >= 15 is 0 Å². The summed E-state index contributed by atoms with van der Waals surface area (Å²) in [6, 6.07) is 70.5. The van der Waals surface area contributed by atoms with Crippen LogP contribution in [-0.4, -0.2) is 16.2 Å². The molecule has 0 N–H and O–H groups in total. The van der Waals surface area contributed by atoms with Gasteiger partial charge in [-0.05, 0) is 76.9 Å². The lowest BCUT2D eigenvalue weighted by molar-refractivity contribution is 0.483. The van der Waals surface area contributed by atoms with Crippen molar-refractivity contribution < 1.29 is 4.74 Å². The first-order chi connectivity index (χ1) is 27.8. The molecule has 0 amide bonds. The van der Waals surface area contributed by atoms with Crippen molar-refractivity contribution in [3.8, 4) is 17.3 Å². The van der Waals surface area contributed by atoms with Crippen molar-refractivity contribution in [3.63, 3.8) is 0 Å². The van der Waals surface area contributed by atoms with Crippen LogP contribution in [0.5, 0.6) is 11.5 Å². The molecular formula is C51H38N4O. The topological polar surface area (TPSA) is 33.5 Å². The average Bonchev–Trinajstić information content (AvgIpc) is 3.90. The van der Waals surface area contributed by atoms with Crippen molar-refractivity contribution in [2.75, 3.05) is 16.5 Å². The van der Waals surface area contributed by atoms with Crippen LogP contribution in [0, 0.1) is 0 Å². The average molecular weight is 723 g/mol. The summed E-state index contributed by atoms with van der Waals surface area (Å²) in [5.41, 5.74) is 8.42. The molecule has 1 aliphatic rings. The third-order valence-electron chi connectivity index (χ3n) is 10.9. The Bertz CT molecular complexity index is 2720. The minimum atomic E-state index is -0.595. The van der Waals surface area contributed by atoms with Crippen molar-refractivity contribution in [1.29, 1.82) is 0 Å². The van der Waals surface area contributed by atoms with Gasteiger partial charge in [-0.3, -0.25) is 4.57 Å². The third-order valence-corrected chi connectivity index (χ3v) is 10.9. The smallest absolute Gasteiger partial charge is 0.137 e. The van der Waals surface area contributed by atoms with Gasteiger partial charge in [0, 0.05) is 52.9 Å². The van der Waals surface area contributed by atoms with Crippen molar-refractivity contribution in [1.82, 2.24) is 9.55 Å². The van der Waals surface area contributed by atoms with E-state index in [1.807, 2.05) is 24.4 Å². The van der Waals surface area contributed by atoms with Crippen LogP contribution in [0.2, 0.25) is 0 Å². The quantitative estimate of drug-likeness (QED) is 0.139. The molecule has 5 heteroatoms. The van der Waals surface area contributed by atoms with Crippen LogP contribution in [0.3, 0.4) is 0 Å². The number of aromatic nitrogens is 2. The van der Waals surface area contributed by atoms with E-state index in [2.05, 4.69) is 209 Å². The predicted molar refractivity (Wildman–Crippen MR) is 229 cm³/mol. The fourth-order valence-corrected chi connectivity index (χ4v) is 8.34. The number of rotatable bonds is 9. The molecule has 2 aromatic heterocycles. The summed E-state index contributed by atoms with van der Waals surface area (Å²) in [5.74, 6) is 2.36.